The zero-order valence-electron chi connectivity index (χ0n) is 24.6. The molecular weight excluding hydrogens is 574 g/mol. The average Bonchev–Trinajstić information content (AvgIpc) is 3.50. The number of rotatable bonds is 14. The van der Waals surface area contributed by atoms with Crippen molar-refractivity contribution in [2.75, 3.05) is 27.4 Å². The highest BCUT2D eigenvalue weighted by atomic mass is 16.5. The minimum Gasteiger partial charge on any atom is -0.497 e. The van der Waals surface area contributed by atoms with Crippen LogP contribution in [0.15, 0.2) is 60.9 Å². The number of aliphatic hydroxyl groups is 1. The zero-order valence-corrected chi connectivity index (χ0v) is 24.6. The summed E-state index contributed by atoms with van der Waals surface area (Å²) in [7, 11) is 3.36. The van der Waals surface area contributed by atoms with Gasteiger partial charge in [0.25, 0.3) is 0 Å². The fourth-order valence-corrected chi connectivity index (χ4v) is 4.59. The topological polar surface area (TPSA) is 189 Å². The van der Waals surface area contributed by atoms with Crippen molar-refractivity contribution in [2.24, 2.45) is 0 Å². The van der Waals surface area contributed by atoms with Crippen molar-refractivity contribution in [3.8, 4) is 22.9 Å². The maximum absolute atomic E-state index is 10.3. The van der Waals surface area contributed by atoms with Crippen molar-refractivity contribution in [3.63, 3.8) is 0 Å². The Morgan fingerprint density at radius 3 is 2.05 bits per heavy atom. The summed E-state index contributed by atoms with van der Waals surface area (Å²) in [5.41, 5.74) is 0.531. The predicted octanol–water partition coefficient (Wildman–Crippen LogP) is 3.09. The molecule has 0 spiro atoms. The number of aromatic nitrogens is 2. The monoisotopic (exact) mass is 611 g/mol. The maximum Gasteiger partial charge on any atom is 0.336 e. The van der Waals surface area contributed by atoms with Gasteiger partial charge in [-0.25, -0.2) is 14.8 Å². The number of hydrogen-bond donors (Lipinski definition) is 4. The number of methoxy groups -OCH3 is 2. The number of hydrogen-bond acceptors (Lipinski definition) is 10. The standard InChI is InChI=1S/C25H29N3O3.C6H8O7/c1-29-22-10-8-21(9-11-22)25-26-14-20(15-27-25)17-28(18-24-7-4-12-31-24)16-19-5-3-6-23(13-19)30-2;7-3(8)1-6(13,5(11)12)2-4(9)10/h3,5-6,8-11,13-15,24H,4,7,12,16-18H2,1-2H3;13H,1-2H2,(H,7,8)(H,9,10)(H,11,12). The molecule has 2 aromatic carbocycles. The Labute approximate surface area is 254 Å². The first kappa shape index (κ1) is 33.9. The predicted molar refractivity (Wildman–Crippen MR) is 157 cm³/mol. The van der Waals surface area contributed by atoms with Crippen LogP contribution < -0.4 is 9.47 Å². The molecule has 0 radical (unpaired) electrons. The molecule has 2 heterocycles. The third kappa shape index (κ3) is 10.6. The molecule has 0 saturated carbocycles. The van der Waals surface area contributed by atoms with Crippen molar-refractivity contribution in [1.82, 2.24) is 14.9 Å². The lowest BCUT2D eigenvalue weighted by Gasteiger charge is -2.25. The van der Waals surface area contributed by atoms with Gasteiger partial charge in [-0.05, 0) is 54.8 Å². The van der Waals surface area contributed by atoms with Crippen LogP contribution in [0.3, 0.4) is 0 Å². The van der Waals surface area contributed by atoms with Crippen LogP contribution in [0.5, 0.6) is 11.5 Å². The molecule has 44 heavy (non-hydrogen) atoms. The second-order valence-corrected chi connectivity index (χ2v) is 10.3. The van der Waals surface area contributed by atoms with Gasteiger partial charge in [-0.15, -0.1) is 0 Å². The summed E-state index contributed by atoms with van der Waals surface area (Å²) in [5, 5.41) is 33.8. The van der Waals surface area contributed by atoms with Gasteiger partial charge < -0.3 is 34.6 Å². The van der Waals surface area contributed by atoms with Crippen molar-refractivity contribution < 1.29 is 49.0 Å². The summed E-state index contributed by atoms with van der Waals surface area (Å²) in [5.74, 6) is -2.61. The molecule has 0 bridgehead atoms. The van der Waals surface area contributed by atoms with E-state index in [1.165, 1.54) is 5.56 Å². The Bertz CT molecular complexity index is 1360. The average molecular weight is 612 g/mol. The van der Waals surface area contributed by atoms with Crippen LogP contribution in [0.4, 0.5) is 0 Å². The first-order valence-electron chi connectivity index (χ1n) is 13.8. The normalized spacial score (nSPS) is 14.4. The number of aliphatic carboxylic acids is 3. The molecular formula is C31H37N3O10. The molecule has 1 aromatic heterocycles. The van der Waals surface area contributed by atoms with Crippen LogP contribution >= 0.6 is 0 Å². The number of nitrogens with zero attached hydrogens (tertiary/aromatic N) is 3. The SMILES string of the molecule is COc1ccc(-c2ncc(CN(Cc3cccc(OC)c3)CC3CCCO3)cn2)cc1.O=C(O)CC(O)(CC(=O)O)C(=O)O. The highest BCUT2D eigenvalue weighted by molar-refractivity contribution is 5.88. The minimum atomic E-state index is -2.74. The van der Waals surface area contributed by atoms with E-state index in [0.717, 1.165) is 61.7 Å². The molecule has 1 atom stereocenters. The van der Waals surface area contributed by atoms with E-state index in [2.05, 4.69) is 27.0 Å². The minimum absolute atomic E-state index is 0.282. The van der Waals surface area contributed by atoms with Crippen LogP contribution in [0.1, 0.15) is 36.8 Å². The van der Waals surface area contributed by atoms with E-state index in [1.807, 2.05) is 48.8 Å². The Kier molecular flexibility index (Phi) is 12.6. The van der Waals surface area contributed by atoms with Gasteiger partial charge in [0.2, 0.25) is 0 Å². The van der Waals surface area contributed by atoms with Crippen LogP contribution in [0.2, 0.25) is 0 Å². The second-order valence-electron chi connectivity index (χ2n) is 10.3. The summed E-state index contributed by atoms with van der Waals surface area (Å²) in [4.78, 5) is 42.1. The van der Waals surface area contributed by atoms with E-state index in [-0.39, 0.29) is 6.10 Å². The molecule has 1 aliphatic rings. The number of ether oxygens (including phenoxy) is 3. The van der Waals surface area contributed by atoms with E-state index in [4.69, 9.17) is 34.6 Å². The van der Waals surface area contributed by atoms with E-state index in [9.17, 15) is 14.4 Å². The van der Waals surface area contributed by atoms with Crippen molar-refractivity contribution >= 4 is 17.9 Å². The first-order chi connectivity index (χ1) is 21.0. The molecule has 13 nitrogen and oxygen atoms in total. The van der Waals surface area contributed by atoms with Gasteiger partial charge in [0, 0.05) is 49.8 Å². The molecule has 1 unspecified atom stereocenters. The lowest BCUT2D eigenvalue weighted by atomic mass is 9.96. The first-order valence-corrected chi connectivity index (χ1v) is 13.8. The molecule has 4 rings (SSSR count). The molecule has 236 valence electrons. The van der Waals surface area contributed by atoms with E-state index in [0.29, 0.717) is 5.82 Å². The second kappa shape index (κ2) is 16.3. The highest BCUT2D eigenvalue weighted by Gasteiger charge is 2.40. The van der Waals surface area contributed by atoms with Crippen LogP contribution in [0, 0.1) is 0 Å². The summed E-state index contributed by atoms with van der Waals surface area (Å²) < 4.78 is 16.5. The lowest BCUT2D eigenvalue weighted by molar-refractivity contribution is -0.170. The summed E-state index contributed by atoms with van der Waals surface area (Å²) in [6, 6.07) is 16.0. The molecule has 3 aromatic rings. The molecule has 4 N–H and O–H groups in total. The Morgan fingerprint density at radius 1 is 0.909 bits per heavy atom. The van der Waals surface area contributed by atoms with Crippen LogP contribution in [0.25, 0.3) is 11.4 Å². The van der Waals surface area contributed by atoms with Gasteiger partial charge in [0.15, 0.2) is 11.4 Å². The highest BCUT2D eigenvalue weighted by Crippen LogP contribution is 2.22. The Morgan fingerprint density at radius 2 is 1.52 bits per heavy atom. The van der Waals surface area contributed by atoms with Crippen molar-refractivity contribution in [2.45, 2.75) is 50.5 Å². The van der Waals surface area contributed by atoms with Crippen LogP contribution in [-0.2, 0) is 32.2 Å². The van der Waals surface area contributed by atoms with Gasteiger partial charge in [-0.2, -0.15) is 0 Å². The third-order valence-electron chi connectivity index (χ3n) is 6.77. The van der Waals surface area contributed by atoms with Gasteiger partial charge in [-0.1, -0.05) is 12.1 Å². The zero-order chi connectivity index (χ0) is 32.1. The van der Waals surface area contributed by atoms with E-state index >= 15 is 0 Å². The van der Waals surface area contributed by atoms with Gasteiger partial charge in [0.05, 0.1) is 33.2 Å². The fourth-order valence-electron chi connectivity index (χ4n) is 4.59. The van der Waals surface area contributed by atoms with Gasteiger partial charge in [0.1, 0.15) is 11.5 Å². The van der Waals surface area contributed by atoms with E-state index in [1.54, 1.807) is 14.2 Å². The number of carbonyl (C=O) groups is 3. The maximum atomic E-state index is 10.3. The molecule has 0 aliphatic carbocycles. The fraction of sp³-hybridized carbons (Fsp3) is 0.387. The smallest absolute Gasteiger partial charge is 0.336 e. The Balaban J connectivity index is 0.000000345. The summed E-state index contributed by atoms with van der Waals surface area (Å²) in [6.07, 6.45) is 4.08. The summed E-state index contributed by atoms with van der Waals surface area (Å²) in [6.45, 7) is 3.33. The Hall–Kier alpha value is -4.59. The van der Waals surface area contributed by atoms with E-state index < -0.39 is 36.4 Å². The third-order valence-corrected chi connectivity index (χ3v) is 6.77. The molecule has 0 amide bonds. The number of carboxylic acids is 3. The van der Waals surface area contributed by atoms with Gasteiger partial charge in [-0.3, -0.25) is 14.5 Å². The number of carboxylic acid groups (broad SMARTS) is 3. The number of benzene rings is 2. The largest absolute Gasteiger partial charge is 0.497 e. The van der Waals surface area contributed by atoms with Crippen LogP contribution in [-0.4, -0.2) is 92.3 Å². The quantitative estimate of drug-likeness (QED) is 0.208. The molecule has 13 heteroatoms. The van der Waals surface area contributed by atoms with Crippen molar-refractivity contribution in [3.05, 3.63) is 72.1 Å². The van der Waals surface area contributed by atoms with Crippen molar-refractivity contribution in [1.29, 1.82) is 0 Å². The molecule has 1 fully saturated rings. The lowest BCUT2D eigenvalue weighted by Crippen LogP contribution is -2.42. The van der Waals surface area contributed by atoms with Gasteiger partial charge >= 0.3 is 17.9 Å². The molecule has 1 aliphatic heterocycles. The molecule has 1 saturated heterocycles. The summed E-state index contributed by atoms with van der Waals surface area (Å²) >= 11 is 0.